The van der Waals surface area contributed by atoms with E-state index in [9.17, 15) is 0 Å². The van der Waals surface area contributed by atoms with Crippen LogP contribution in [0.25, 0.3) is 11.1 Å². The first-order valence-corrected chi connectivity index (χ1v) is 11.7. The van der Waals surface area contributed by atoms with Crippen molar-refractivity contribution in [2.24, 2.45) is 0 Å². The summed E-state index contributed by atoms with van der Waals surface area (Å²) in [5.74, 6) is 1.82. The molecule has 0 N–H and O–H groups in total. The molecule has 2 heterocycles. The lowest BCUT2D eigenvalue weighted by Gasteiger charge is -2.27. The molecule has 3 aromatic carbocycles. The molecule has 5 heteroatoms. The molecule has 178 valence electrons. The number of aryl methyl sites for hydroxylation is 1. The van der Waals surface area contributed by atoms with Gasteiger partial charge in [-0.15, -0.1) is 0 Å². The van der Waals surface area contributed by atoms with Crippen LogP contribution in [0.2, 0.25) is 0 Å². The van der Waals surface area contributed by atoms with Crippen LogP contribution in [0.5, 0.6) is 11.5 Å². The van der Waals surface area contributed by atoms with Gasteiger partial charge >= 0.3 is 0 Å². The van der Waals surface area contributed by atoms with Gasteiger partial charge in [0.2, 0.25) is 0 Å². The van der Waals surface area contributed by atoms with Crippen LogP contribution in [0.4, 0.5) is 0 Å². The zero-order valence-electron chi connectivity index (χ0n) is 20.4. The van der Waals surface area contributed by atoms with E-state index in [4.69, 9.17) is 23.7 Å². The fourth-order valence-electron chi connectivity index (χ4n) is 5.28. The molecular formula is C29H32O5. The van der Waals surface area contributed by atoms with Crippen molar-refractivity contribution in [3.63, 3.8) is 0 Å². The molecule has 2 aliphatic rings. The van der Waals surface area contributed by atoms with Gasteiger partial charge in [0, 0.05) is 26.2 Å². The van der Waals surface area contributed by atoms with E-state index in [0.717, 1.165) is 23.5 Å². The summed E-state index contributed by atoms with van der Waals surface area (Å²) in [7, 11) is 3.41. The van der Waals surface area contributed by atoms with Crippen LogP contribution in [0.1, 0.15) is 33.4 Å². The number of hydrogen-bond acceptors (Lipinski definition) is 5. The Balaban J connectivity index is 1.39. The molecule has 0 saturated heterocycles. The summed E-state index contributed by atoms with van der Waals surface area (Å²) in [4.78, 5) is 0. The predicted molar refractivity (Wildman–Crippen MR) is 131 cm³/mol. The van der Waals surface area contributed by atoms with Gasteiger partial charge in [-0.05, 0) is 77.1 Å². The highest BCUT2D eigenvalue weighted by molar-refractivity contribution is 5.75. The van der Waals surface area contributed by atoms with E-state index in [1.54, 1.807) is 14.2 Å². The van der Waals surface area contributed by atoms with Crippen molar-refractivity contribution >= 4 is 0 Å². The maximum atomic E-state index is 6.39. The van der Waals surface area contributed by atoms with Gasteiger partial charge in [-0.25, -0.2) is 0 Å². The number of ether oxygens (including phenoxy) is 5. The van der Waals surface area contributed by atoms with Crippen molar-refractivity contribution in [2.75, 3.05) is 27.4 Å². The van der Waals surface area contributed by atoms with Crippen molar-refractivity contribution in [2.45, 2.75) is 45.7 Å². The van der Waals surface area contributed by atoms with Crippen molar-refractivity contribution in [3.05, 3.63) is 81.9 Å². The van der Waals surface area contributed by atoms with Crippen molar-refractivity contribution in [3.8, 4) is 22.6 Å². The highest BCUT2D eigenvalue weighted by Crippen LogP contribution is 2.43. The van der Waals surface area contributed by atoms with E-state index in [1.807, 2.05) is 6.07 Å². The zero-order valence-corrected chi connectivity index (χ0v) is 20.4. The second-order valence-electron chi connectivity index (χ2n) is 9.41. The molecule has 0 aliphatic carbocycles. The predicted octanol–water partition coefficient (Wildman–Crippen LogP) is 5.55. The van der Waals surface area contributed by atoms with Crippen LogP contribution in [0, 0.1) is 13.8 Å². The molecule has 0 bridgehead atoms. The van der Waals surface area contributed by atoms with Crippen LogP contribution >= 0.6 is 0 Å². The van der Waals surface area contributed by atoms with Crippen LogP contribution in [-0.4, -0.2) is 33.0 Å². The Morgan fingerprint density at radius 3 is 2.50 bits per heavy atom. The van der Waals surface area contributed by atoms with Gasteiger partial charge in [-0.3, -0.25) is 0 Å². The van der Waals surface area contributed by atoms with Gasteiger partial charge in [0.25, 0.3) is 0 Å². The number of rotatable bonds is 8. The average Bonchev–Trinajstić information content (AvgIpc) is 3.43. The van der Waals surface area contributed by atoms with Crippen molar-refractivity contribution in [1.29, 1.82) is 0 Å². The summed E-state index contributed by atoms with van der Waals surface area (Å²) < 4.78 is 29.0. The fraction of sp³-hybridized carbons (Fsp3) is 0.379. The first-order valence-electron chi connectivity index (χ1n) is 11.7. The molecule has 0 saturated carbocycles. The summed E-state index contributed by atoms with van der Waals surface area (Å²) in [5, 5.41) is 0. The maximum absolute atomic E-state index is 6.39. The Bertz CT molecular complexity index is 1190. The maximum Gasteiger partial charge on any atom is 0.159 e. The Hall–Kier alpha value is -2.86. The minimum atomic E-state index is -0.474. The molecule has 0 amide bonds. The molecular weight excluding hydrogens is 428 g/mol. The van der Waals surface area contributed by atoms with E-state index in [2.05, 4.69) is 56.3 Å². The minimum absolute atomic E-state index is 0.474. The molecule has 5 rings (SSSR count). The van der Waals surface area contributed by atoms with Gasteiger partial charge in [0.05, 0.1) is 26.4 Å². The molecule has 0 fully saturated rings. The normalized spacial score (nSPS) is 15.6. The number of fused-ring (bicyclic) bond motifs is 2. The minimum Gasteiger partial charge on any atom is -0.489 e. The molecule has 34 heavy (non-hydrogen) atoms. The zero-order chi connectivity index (χ0) is 23.7. The average molecular weight is 461 g/mol. The largest absolute Gasteiger partial charge is 0.489 e. The second kappa shape index (κ2) is 9.41. The van der Waals surface area contributed by atoms with Gasteiger partial charge in [0.15, 0.2) is 5.60 Å². The molecule has 5 nitrogen and oxygen atoms in total. The summed E-state index contributed by atoms with van der Waals surface area (Å²) >= 11 is 0. The molecule has 0 spiro atoms. The lowest BCUT2D eigenvalue weighted by molar-refractivity contribution is -0.0450. The molecule has 0 unspecified atom stereocenters. The Morgan fingerprint density at radius 2 is 1.71 bits per heavy atom. The van der Waals surface area contributed by atoms with Gasteiger partial charge in [0.1, 0.15) is 18.1 Å². The monoisotopic (exact) mass is 460 g/mol. The standard InChI is InChI=1S/C29H32O5/c1-19-10-27-26(13-29(34-27,17-30-3)18-31-4)20(2)28(19)22-7-5-6-21(11-22)14-33-25-9-8-23-15-32-16-24(23)12-25/h5-12H,13-18H2,1-4H3. The number of methoxy groups -OCH3 is 2. The Kier molecular flexibility index (Phi) is 6.34. The summed E-state index contributed by atoms with van der Waals surface area (Å²) in [6.45, 7) is 7.20. The molecule has 0 radical (unpaired) electrons. The third kappa shape index (κ3) is 4.31. The summed E-state index contributed by atoms with van der Waals surface area (Å²) in [5.41, 5.74) is 9.26. The Labute approximate surface area is 201 Å². The molecule has 3 aromatic rings. The van der Waals surface area contributed by atoms with Gasteiger partial charge < -0.3 is 23.7 Å². The van der Waals surface area contributed by atoms with E-state index in [-0.39, 0.29) is 0 Å². The lowest BCUT2D eigenvalue weighted by Crippen LogP contribution is -2.44. The van der Waals surface area contributed by atoms with E-state index < -0.39 is 5.60 Å². The SMILES string of the molecule is COCC1(COC)Cc2c(cc(C)c(-c3cccc(COc4ccc5c(c4)COC5)c3)c2C)O1. The van der Waals surface area contributed by atoms with E-state index >= 15 is 0 Å². The second-order valence-corrected chi connectivity index (χ2v) is 9.41. The topological polar surface area (TPSA) is 46.2 Å². The quantitative estimate of drug-likeness (QED) is 0.441. The van der Waals surface area contributed by atoms with E-state index in [0.29, 0.717) is 33.0 Å². The first kappa shape index (κ1) is 22.9. The fourth-order valence-corrected chi connectivity index (χ4v) is 5.28. The molecule has 0 atom stereocenters. The lowest BCUT2D eigenvalue weighted by atomic mass is 9.88. The van der Waals surface area contributed by atoms with Crippen LogP contribution in [-0.2, 0) is 40.5 Å². The van der Waals surface area contributed by atoms with Crippen molar-refractivity contribution < 1.29 is 23.7 Å². The van der Waals surface area contributed by atoms with Gasteiger partial charge in [-0.2, -0.15) is 0 Å². The van der Waals surface area contributed by atoms with Gasteiger partial charge in [-0.1, -0.05) is 24.3 Å². The van der Waals surface area contributed by atoms with Crippen LogP contribution in [0.15, 0.2) is 48.5 Å². The Morgan fingerprint density at radius 1 is 0.912 bits per heavy atom. The molecule has 0 aromatic heterocycles. The first-order chi connectivity index (χ1) is 16.5. The third-order valence-corrected chi connectivity index (χ3v) is 6.82. The summed E-state index contributed by atoms with van der Waals surface area (Å²) in [6.07, 6.45) is 0.772. The highest BCUT2D eigenvalue weighted by atomic mass is 16.6. The smallest absolute Gasteiger partial charge is 0.159 e. The molecule has 2 aliphatic heterocycles. The highest BCUT2D eigenvalue weighted by Gasteiger charge is 2.41. The van der Waals surface area contributed by atoms with E-state index in [1.165, 1.54) is 38.9 Å². The number of hydrogen-bond donors (Lipinski definition) is 0. The number of benzene rings is 3. The third-order valence-electron chi connectivity index (χ3n) is 6.82. The van der Waals surface area contributed by atoms with Crippen LogP contribution in [0.3, 0.4) is 0 Å². The summed E-state index contributed by atoms with van der Waals surface area (Å²) in [6, 6.07) is 17.0. The van der Waals surface area contributed by atoms with Crippen molar-refractivity contribution in [1.82, 2.24) is 0 Å². The van der Waals surface area contributed by atoms with Crippen LogP contribution < -0.4 is 9.47 Å².